The van der Waals surface area contributed by atoms with Crippen LogP contribution in [0, 0.1) is 10.1 Å². The summed E-state index contributed by atoms with van der Waals surface area (Å²) in [5.41, 5.74) is 1.11. The van der Waals surface area contributed by atoms with Crippen molar-refractivity contribution in [3.8, 4) is 0 Å². The molecule has 0 aromatic heterocycles. The Morgan fingerprint density at radius 2 is 1.95 bits per heavy atom. The normalized spacial score (nSPS) is 11.4. The number of nitro groups is 1. The molecule has 0 spiro atoms. The lowest BCUT2D eigenvalue weighted by Gasteiger charge is -2.04. The minimum Gasteiger partial charge on any atom is -0.466 e. The number of nitrogens with zero attached hydrogens (tertiary/aromatic N) is 1. The zero-order valence-electron chi connectivity index (χ0n) is 11.6. The number of methoxy groups -OCH3 is 1. The molecule has 0 fully saturated rings. The maximum atomic E-state index is 11.7. The molecule has 0 saturated heterocycles. The van der Waals surface area contributed by atoms with Crippen LogP contribution in [0.1, 0.15) is 12.0 Å². The smallest absolute Gasteiger partial charge is 0.333 e. The van der Waals surface area contributed by atoms with Crippen LogP contribution in [0.5, 0.6) is 0 Å². The third kappa shape index (κ3) is 3.89. The zero-order chi connectivity index (χ0) is 15.2. The minimum atomic E-state index is -0.537. The van der Waals surface area contributed by atoms with Crippen molar-refractivity contribution in [2.24, 2.45) is 0 Å². The molecule has 0 unspecified atom stereocenters. The van der Waals surface area contributed by atoms with E-state index < -0.39 is 10.9 Å². The molecular weight excluding hydrogens is 270 g/mol. The van der Waals surface area contributed by atoms with Crippen molar-refractivity contribution in [3.05, 3.63) is 63.7 Å². The highest BCUT2D eigenvalue weighted by Gasteiger charge is 2.12. The SMILES string of the molecule is COC(=O)/C(=C/c1ccc2ccccc2c1)CC[N+](=O)[O-]. The van der Waals surface area contributed by atoms with Crippen LogP contribution in [-0.4, -0.2) is 24.5 Å². The van der Waals surface area contributed by atoms with Gasteiger partial charge in [-0.3, -0.25) is 10.1 Å². The van der Waals surface area contributed by atoms with Crippen LogP contribution in [0.2, 0.25) is 0 Å². The second-order valence-electron chi connectivity index (χ2n) is 4.57. The Hall–Kier alpha value is -2.69. The molecule has 0 amide bonds. The van der Waals surface area contributed by atoms with Gasteiger partial charge in [0.2, 0.25) is 6.54 Å². The van der Waals surface area contributed by atoms with Crippen molar-refractivity contribution >= 4 is 22.8 Å². The van der Waals surface area contributed by atoms with E-state index in [2.05, 4.69) is 4.74 Å². The molecule has 5 nitrogen and oxygen atoms in total. The summed E-state index contributed by atoms with van der Waals surface area (Å²) in [6.45, 7) is -0.297. The Morgan fingerprint density at radius 1 is 1.24 bits per heavy atom. The van der Waals surface area contributed by atoms with Gasteiger partial charge in [0.25, 0.3) is 0 Å². The van der Waals surface area contributed by atoms with E-state index in [1.165, 1.54) is 7.11 Å². The number of ether oxygens (including phenoxy) is 1. The Labute approximate surface area is 122 Å². The lowest BCUT2D eigenvalue weighted by Crippen LogP contribution is -2.10. The van der Waals surface area contributed by atoms with Gasteiger partial charge in [0.15, 0.2) is 0 Å². The molecule has 21 heavy (non-hydrogen) atoms. The summed E-state index contributed by atoms with van der Waals surface area (Å²) in [5, 5.41) is 12.6. The van der Waals surface area contributed by atoms with E-state index in [9.17, 15) is 14.9 Å². The van der Waals surface area contributed by atoms with E-state index in [4.69, 9.17) is 0 Å². The van der Waals surface area contributed by atoms with Crippen molar-refractivity contribution < 1.29 is 14.5 Å². The number of hydrogen-bond donors (Lipinski definition) is 0. The van der Waals surface area contributed by atoms with Crippen molar-refractivity contribution in [2.75, 3.05) is 13.7 Å². The fourth-order valence-corrected chi connectivity index (χ4v) is 2.07. The number of rotatable bonds is 5. The summed E-state index contributed by atoms with van der Waals surface area (Å²) in [4.78, 5) is 21.7. The summed E-state index contributed by atoms with van der Waals surface area (Å²) in [5.74, 6) is -0.537. The van der Waals surface area contributed by atoms with E-state index in [-0.39, 0.29) is 13.0 Å². The van der Waals surface area contributed by atoms with E-state index in [0.717, 1.165) is 16.3 Å². The summed E-state index contributed by atoms with van der Waals surface area (Å²) in [6, 6.07) is 13.6. The fraction of sp³-hybridized carbons (Fsp3) is 0.188. The number of benzene rings is 2. The van der Waals surface area contributed by atoms with E-state index in [1.54, 1.807) is 6.08 Å². The number of fused-ring (bicyclic) bond motifs is 1. The number of carbonyl (C=O) groups is 1. The lowest BCUT2D eigenvalue weighted by atomic mass is 10.0. The predicted molar refractivity (Wildman–Crippen MR) is 80.4 cm³/mol. The molecule has 2 rings (SSSR count). The van der Waals surface area contributed by atoms with Crippen LogP contribution < -0.4 is 0 Å². The Morgan fingerprint density at radius 3 is 2.62 bits per heavy atom. The van der Waals surface area contributed by atoms with Crippen LogP contribution in [0.15, 0.2) is 48.0 Å². The molecule has 0 aliphatic heterocycles. The number of carbonyl (C=O) groups excluding carboxylic acids is 1. The standard InChI is InChI=1S/C16H15NO4/c1-21-16(18)15(8-9-17(19)20)11-12-6-7-13-4-2-3-5-14(13)10-12/h2-7,10-11H,8-9H2,1H3/b15-11+. The van der Waals surface area contributed by atoms with E-state index >= 15 is 0 Å². The number of esters is 1. The zero-order valence-corrected chi connectivity index (χ0v) is 11.6. The fourth-order valence-electron chi connectivity index (χ4n) is 2.07. The Bertz CT molecular complexity index is 706. The van der Waals surface area contributed by atoms with Gasteiger partial charge in [0.05, 0.1) is 7.11 Å². The average molecular weight is 285 g/mol. The third-order valence-electron chi connectivity index (χ3n) is 3.13. The van der Waals surface area contributed by atoms with Gasteiger partial charge in [0.1, 0.15) is 0 Å². The summed E-state index contributed by atoms with van der Waals surface area (Å²) < 4.78 is 4.67. The molecule has 5 heteroatoms. The van der Waals surface area contributed by atoms with E-state index in [1.807, 2.05) is 42.5 Å². The van der Waals surface area contributed by atoms with Gasteiger partial charge in [-0.15, -0.1) is 0 Å². The van der Waals surface area contributed by atoms with Crippen LogP contribution in [-0.2, 0) is 9.53 Å². The van der Waals surface area contributed by atoms with Gasteiger partial charge in [0, 0.05) is 16.9 Å². The van der Waals surface area contributed by atoms with Gasteiger partial charge in [-0.05, 0) is 28.5 Å². The molecule has 0 heterocycles. The minimum absolute atomic E-state index is 0.0481. The van der Waals surface area contributed by atoms with E-state index in [0.29, 0.717) is 5.57 Å². The molecule has 0 radical (unpaired) electrons. The average Bonchev–Trinajstić information content (AvgIpc) is 2.50. The second kappa shape index (κ2) is 6.65. The Balaban J connectivity index is 2.33. The van der Waals surface area contributed by atoms with Gasteiger partial charge >= 0.3 is 5.97 Å². The number of hydrogen-bond acceptors (Lipinski definition) is 4. The lowest BCUT2D eigenvalue weighted by molar-refractivity contribution is -0.479. The summed E-state index contributed by atoms with van der Waals surface area (Å²) in [6.07, 6.45) is 1.69. The molecule has 108 valence electrons. The van der Waals surface area contributed by atoms with Crippen LogP contribution in [0.25, 0.3) is 16.8 Å². The van der Waals surface area contributed by atoms with Crippen molar-refractivity contribution in [3.63, 3.8) is 0 Å². The van der Waals surface area contributed by atoms with Crippen LogP contribution in [0.4, 0.5) is 0 Å². The van der Waals surface area contributed by atoms with Crippen molar-refractivity contribution in [2.45, 2.75) is 6.42 Å². The molecule has 2 aromatic carbocycles. The first-order valence-corrected chi connectivity index (χ1v) is 6.49. The molecule has 0 N–H and O–H groups in total. The van der Waals surface area contributed by atoms with Gasteiger partial charge in [-0.2, -0.15) is 0 Å². The summed E-state index contributed by atoms with van der Waals surface area (Å²) in [7, 11) is 1.27. The van der Waals surface area contributed by atoms with Gasteiger partial charge in [-0.1, -0.05) is 36.4 Å². The first kappa shape index (κ1) is 14.7. The first-order valence-electron chi connectivity index (χ1n) is 6.49. The topological polar surface area (TPSA) is 69.4 Å². The molecule has 0 aliphatic rings. The van der Waals surface area contributed by atoms with Gasteiger partial charge in [-0.25, -0.2) is 4.79 Å². The maximum absolute atomic E-state index is 11.7. The molecule has 2 aromatic rings. The highest BCUT2D eigenvalue weighted by Crippen LogP contribution is 2.18. The highest BCUT2D eigenvalue weighted by molar-refractivity contribution is 5.94. The van der Waals surface area contributed by atoms with Crippen LogP contribution in [0.3, 0.4) is 0 Å². The summed E-state index contributed by atoms with van der Waals surface area (Å²) >= 11 is 0. The maximum Gasteiger partial charge on any atom is 0.333 e. The van der Waals surface area contributed by atoms with Crippen molar-refractivity contribution in [1.82, 2.24) is 0 Å². The predicted octanol–water partition coefficient (Wildman–Crippen LogP) is 3.06. The first-order chi connectivity index (χ1) is 10.1. The third-order valence-corrected chi connectivity index (χ3v) is 3.13. The van der Waals surface area contributed by atoms with Gasteiger partial charge < -0.3 is 4.74 Å². The van der Waals surface area contributed by atoms with Crippen LogP contribution >= 0.6 is 0 Å². The highest BCUT2D eigenvalue weighted by atomic mass is 16.6. The molecular formula is C16H15NO4. The molecule has 0 aliphatic carbocycles. The second-order valence-corrected chi connectivity index (χ2v) is 4.57. The molecule has 0 atom stereocenters. The quantitative estimate of drug-likeness (QED) is 0.366. The molecule has 0 saturated carbocycles. The van der Waals surface area contributed by atoms with Crippen molar-refractivity contribution in [1.29, 1.82) is 0 Å². The monoisotopic (exact) mass is 285 g/mol. The largest absolute Gasteiger partial charge is 0.466 e. The Kier molecular flexibility index (Phi) is 4.66. The molecule has 0 bridgehead atoms.